The van der Waals surface area contributed by atoms with Crippen molar-refractivity contribution in [1.82, 2.24) is 19.6 Å². The molecule has 1 aliphatic rings. The van der Waals surface area contributed by atoms with Crippen molar-refractivity contribution in [3.05, 3.63) is 59.9 Å². The van der Waals surface area contributed by atoms with E-state index in [9.17, 15) is 4.79 Å². The Hall–Kier alpha value is -2.89. The molecule has 3 heterocycles. The molecule has 4 rings (SSSR count). The van der Waals surface area contributed by atoms with Gasteiger partial charge in [0.2, 0.25) is 0 Å². The second-order valence-electron chi connectivity index (χ2n) is 6.82. The summed E-state index contributed by atoms with van der Waals surface area (Å²) in [5.41, 5.74) is 2.08. The zero-order chi connectivity index (χ0) is 18.1. The van der Waals surface area contributed by atoms with Crippen LogP contribution in [0.1, 0.15) is 40.7 Å². The number of carbonyl (C=O) groups excluding carboxylic acids is 1. The monoisotopic (exact) mass is 350 g/mol. The van der Waals surface area contributed by atoms with Gasteiger partial charge in [-0.05, 0) is 19.8 Å². The summed E-state index contributed by atoms with van der Waals surface area (Å²) in [4.78, 5) is 19.7. The minimum Gasteiger partial charge on any atom is -0.360 e. The number of nitrogens with zero attached hydrogens (tertiary/aromatic N) is 4. The van der Waals surface area contributed by atoms with Crippen LogP contribution in [-0.4, -0.2) is 38.6 Å². The number of aryl methyl sites for hydroxylation is 2. The maximum absolute atomic E-state index is 13.3. The number of likely N-dealkylation sites (tertiary alicyclic amines) is 1. The molecule has 0 radical (unpaired) electrons. The number of aromatic nitrogens is 3. The number of rotatable bonds is 3. The van der Waals surface area contributed by atoms with Crippen molar-refractivity contribution < 1.29 is 9.32 Å². The molecule has 6 nitrogen and oxygen atoms in total. The van der Waals surface area contributed by atoms with Crippen LogP contribution in [0.3, 0.4) is 0 Å². The van der Waals surface area contributed by atoms with E-state index in [0.29, 0.717) is 23.6 Å². The Morgan fingerprint density at radius 3 is 2.81 bits per heavy atom. The highest BCUT2D eigenvalue weighted by Crippen LogP contribution is 2.30. The molecule has 0 spiro atoms. The molecule has 0 bridgehead atoms. The van der Waals surface area contributed by atoms with Crippen molar-refractivity contribution in [2.45, 2.75) is 25.7 Å². The first-order valence-electron chi connectivity index (χ1n) is 8.93. The summed E-state index contributed by atoms with van der Waals surface area (Å²) >= 11 is 0. The smallest absolute Gasteiger partial charge is 0.259 e. The molecule has 134 valence electrons. The molecule has 1 aromatic carbocycles. The highest BCUT2D eigenvalue weighted by atomic mass is 16.5. The summed E-state index contributed by atoms with van der Waals surface area (Å²) in [7, 11) is 2.00. The second-order valence-corrected chi connectivity index (χ2v) is 6.82. The summed E-state index contributed by atoms with van der Waals surface area (Å²) in [6.45, 7) is 3.22. The molecule has 1 fully saturated rings. The van der Waals surface area contributed by atoms with Gasteiger partial charge < -0.3 is 14.0 Å². The zero-order valence-electron chi connectivity index (χ0n) is 15.1. The Morgan fingerprint density at radius 2 is 2.08 bits per heavy atom. The highest BCUT2D eigenvalue weighted by Gasteiger charge is 2.31. The summed E-state index contributed by atoms with van der Waals surface area (Å²) in [5, 5.41) is 4.15. The minimum atomic E-state index is -0.0125. The van der Waals surface area contributed by atoms with Crippen molar-refractivity contribution in [2.24, 2.45) is 7.05 Å². The van der Waals surface area contributed by atoms with Gasteiger partial charge in [0.05, 0.1) is 0 Å². The lowest BCUT2D eigenvalue weighted by atomic mass is 9.96. The van der Waals surface area contributed by atoms with E-state index in [0.717, 1.165) is 30.8 Å². The maximum atomic E-state index is 13.3. The third kappa shape index (κ3) is 2.92. The molecule has 1 atom stereocenters. The first kappa shape index (κ1) is 16.6. The summed E-state index contributed by atoms with van der Waals surface area (Å²) in [6, 6.07) is 9.71. The third-order valence-electron chi connectivity index (χ3n) is 5.06. The second kappa shape index (κ2) is 6.78. The van der Waals surface area contributed by atoms with Crippen LogP contribution in [0.2, 0.25) is 0 Å². The van der Waals surface area contributed by atoms with Gasteiger partial charge >= 0.3 is 0 Å². The normalized spacial score (nSPS) is 17.5. The average Bonchev–Trinajstić information content (AvgIpc) is 3.27. The molecule has 2 aromatic heterocycles. The Labute approximate surface area is 152 Å². The Morgan fingerprint density at radius 1 is 1.27 bits per heavy atom. The number of hydrogen-bond donors (Lipinski definition) is 0. The third-order valence-corrected chi connectivity index (χ3v) is 5.06. The number of carbonyl (C=O) groups is 1. The lowest BCUT2D eigenvalue weighted by Gasteiger charge is -2.32. The molecule has 1 saturated heterocycles. The van der Waals surface area contributed by atoms with E-state index in [1.807, 2.05) is 59.2 Å². The van der Waals surface area contributed by atoms with Gasteiger partial charge in [0.15, 0.2) is 0 Å². The molecular weight excluding hydrogens is 328 g/mol. The number of imidazole rings is 1. The van der Waals surface area contributed by atoms with Crippen molar-refractivity contribution in [3.63, 3.8) is 0 Å². The van der Waals surface area contributed by atoms with Crippen LogP contribution in [-0.2, 0) is 7.05 Å². The summed E-state index contributed by atoms with van der Waals surface area (Å²) in [6.07, 6.45) is 5.78. The molecule has 1 aliphatic heterocycles. The fourth-order valence-corrected chi connectivity index (χ4v) is 3.72. The lowest BCUT2D eigenvalue weighted by molar-refractivity contribution is 0.0702. The molecule has 0 aliphatic carbocycles. The van der Waals surface area contributed by atoms with Crippen LogP contribution in [0.5, 0.6) is 0 Å². The van der Waals surface area contributed by atoms with Gasteiger partial charge in [-0.25, -0.2) is 4.98 Å². The van der Waals surface area contributed by atoms with E-state index in [2.05, 4.69) is 10.1 Å². The Balaban J connectivity index is 1.62. The fourth-order valence-electron chi connectivity index (χ4n) is 3.72. The molecule has 3 aromatic rings. The molecule has 26 heavy (non-hydrogen) atoms. The van der Waals surface area contributed by atoms with Crippen LogP contribution in [0.4, 0.5) is 0 Å². The van der Waals surface area contributed by atoms with Crippen LogP contribution >= 0.6 is 0 Å². The largest absolute Gasteiger partial charge is 0.360 e. The predicted octanol–water partition coefficient (Wildman–Crippen LogP) is 3.40. The van der Waals surface area contributed by atoms with E-state index in [4.69, 9.17) is 4.52 Å². The van der Waals surface area contributed by atoms with Gasteiger partial charge in [0.25, 0.3) is 5.91 Å². The first-order valence-corrected chi connectivity index (χ1v) is 8.93. The van der Waals surface area contributed by atoms with E-state index in [-0.39, 0.29) is 11.8 Å². The van der Waals surface area contributed by atoms with E-state index in [1.165, 1.54) is 0 Å². The quantitative estimate of drug-likeness (QED) is 0.726. The van der Waals surface area contributed by atoms with Gasteiger partial charge in [-0.1, -0.05) is 35.5 Å². The highest BCUT2D eigenvalue weighted by molar-refractivity contribution is 6.00. The van der Waals surface area contributed by atoms with Crippen molar-refractivity contribution in [1.29, 1.82) is 0 Å². The van der Waals surface area contributed by atoms with Gasteiger partial charge in [0, 0.05) is 44.0 Å². The number of amides is 1. The summed E-state index contributed by atoms with van der Waals surface area (Å²) < 4.78 is 7.41. The van der Waals surface area contributed by atoms with Crippen LogP contribution in [0, 0.1) is 6.92 Å². The molecule has 0 N–H and O–H groups in total. The number of benzene rings is 1. The SMILES string of the molecule is Cc1onc(-c2ccccc2)c1C(=O)N1CCC[C@@H](c2nccn2C)C1. The molecule has 1 amide bonds. The number of piperidine rings is 1. The van der Waals surface area contributed by atoms with Gasteiger partial charge in [-0.2, -0.15) is 0 Å². The molecule has 6 heteroatoms. The van der Waals surface area contributed by atoms with Crippen LogP contribution in [0.25, 0.3) is 11.3 Å². The topological polar surface area (TPSA) is 64.2 Å². The average molecular weight is 350 g/mol. The molecule has 0 saturated carbocycles. The van der Waals surface area contributed by atoms with E-state index in [1.54, 1.807) is 6.92 Å². The minimum absolute atomic E-state index is 0.0125. The standard InChI is InChI=1S/C20H22N4O2/c1-14-17(18(22-26-14)15-7-4-3-5-8-15)20(25)24-11-6-9-16(13-24)19-21-10-12-23(19)2/h3-5,7-8,10,12,16H,6,9,11,13H2,1-2H3/t16-/m1/s1. The van der Waals surface area contributed by atoms with Gasteiger partial charge in [-0.3, -0.25) is 4.79 Å². The predicted molar refractivity (Wildman–Crippen MR) is 97.8 cm³/mol. The van der Waals surface area contributed by atoms with Crippen molar-refractivity contribution in [2.75, 3.05) is 13.1 Å². The Kier molecular flexibility index (Phi) is 4.32. The molecule has 0 unspecified atom stereocenters. The fraction of sp³-hybridized carbons (Fsp3) is 0.350. The van der Waals surface area contributed by atoms with E-state index < -0.39 is 0 Å². The van der Waals surface area contributed by atoms with Gasteiger partial charge in [-0.15, -0.1) is 0 Å². The van der Waals surface area contributed by atoms with Gasteiger partial charge in [0.1, 0.15) is 22.8 Å². The van der Waals surface area contributed by atoms with Crippen molar-refractivity contribution in [3.8, 4) is 11.3 Å². The maximum Gasteiger partial charge on any atom is 0.259 e. The Bertz CT molecular complexity index is 913. The van der Waals surface area contributed by atoms with Crippen LogP contribution in [0.15, 0.2) is 47.2 Å². The lowest BCUT2D eigenvalue weighted by Crippen LogP contribution is -2.40. The molecular formula is C20H22N4O2. The zero-order valence-corrected chi connectivity index (χ0v) is 15.1. The number of hydrogen-bond acceptors (Lipinski definition) is 4. The first-order chi connectivity index (χ1) is 12.6. The van der Waals surface area contributed by atoms with E-state index >= 15 is 0 Å². The van der Waals surface area contributed by atoms with Crippen molar-refractivity contribution >= 4 is 5.91 Å². The summed E-state index contributed by atoms with van der Waals surface area (Å²) in [5.74, 6) is 1.84. The van der Waals surface area contributed by atoms with Crippen LogP contribution < -0.4 is 0 Å².